The quantitative estimate of drug-likeness (QED) is 0.674. The molecule has 2 aliphatic rings. The maximum absolute atomic E-state index is 12.9. The van der Waals surface area contributed by atoms with Crippen LogP contribution in [0.4, 0.5) is 0 Å². The van der Waals surface area contributed by atoms with Crippen molar-refractivity contribution in [3.63, 3.8) is 0 Å². The Kier molecular flexibility index (Phi) is 6.46. The monoisotopic (exact) mass is 470 g/mol. The van der Waals surface area contributed by atoms with Gasteiger partial charge >= 0.3 is 0 Å². The van der Waals surface area contributed by atoms with Gasteiger partial charge in [0.15, 0.2) is 0 Å². The zero-order valence-corrected chi connectivity index (χ0v) is 18.8. The second-order valence-corrected chi connectivity index (χ2v) is 9.10. The van der Waals surface area contributed by atoms with Gasteiger partial charge in [-0.2, -0.15) is 0 Å². The average Bonchev–Trinajstić information content (AvgIpc) is 2.76. The summed E-state index contributed by atoms with van der Waals surface area (Å²) in [5, 5.41) is 3.99. The van der Waals surface area contributed by atoms with E-state index in [2.05, 4.69) is 31.2 Å². The van der Waals surface area contributed by atoms with E-state index in [1.807, 2.05) is 24.0 Å². The number of carbonyl (C=O) groups is 2. The van der Waals surface area contributed by atoms with Gasteiger partial charge in [-0.1, -0.05) is 12.0 Å². The second-order valence-electron chi connectivity index (χ2n) is 8.25. The number of aromatic nitrogens is 2. The molecular weight excluding hydrogens is 444 g/mol. The van der Waals surface area contributed by atoms with Gasteiger partial charge in [0.1, 0.15) is 5.69 Å². The van der Waals surface area contributed by atoms with Crippen molar-refractivity contribution in [2.75, 3.05) is 6.54 Å². The number of pyridine rings is 2. The number of hydrogen-bond donors (Lipinski definition) is 1. The van der Waals surface area contributed by atoms with Gasteiger partial charge in [-0.05, 0) is 73.5 Å². The van der Waals surface area contributed by atoms with E-state index in [-0.39, 0.29) is 23.9 Å². The minimum Gasteiger partial charge on any atom is -0.346 e. The predicted octanol–water partition coefficient (Wildman–Crippen LogP) is 4.39. The molecule has 0 spiro atoms. The van der Waals surface area contributed by atoms with E-state index in [4.69, 9.17) is 0 Å². The van der Waals surface area contributed by atoms with Crippen LogP contribution in [-0.4, -0.2) is 45.3 Å². The van der Waals surface area contributed by atoms with Crippen LogP contribution >= 0.6 is 15.9 Å². The number of likely N-dealkylation sites (tertiary alicyclic amines) is 1. The first-order valence-corrected chi connectivity index (χ1v) is 11.5. The Labute approximate surface area is 185 Å². The first-order chi connectivity index (χ1) is 14.5. The molecule has 0 radical (unpaired) electrons. The van der Waals surface area contributed by atoms with Crippen LogP contribution in [0.1, 0.15) is 62.4 Å². The lowest BCUT2D eigenvalue weighted by atomic mass is 9.93. The molecule has 4 rings (SSSR count). The van der Waals surface area contributed by atoms with Gasteiger partial charge < -0.3 is 10.2 Å². The van der Waals surface area contributed by atoms with Gasteiger partial charge in [-0.3, -0.25) is 14.6 Å². The Bertz CT molecular complexity index is 982. The lowest BCUT2D eigenvalue weighted by molar-refractivity contribution is -0.129. The summed E-state index contributed by atoms with van der Waals surface area (Å²) >= 11 is 3.45. The Balaban J connectivity index is 1.45. The molecule has 2 atom stereocenters. The normalized spacial score (nSPS) is 22.1. The molecule has 1 aliphatic carbocycles. The third-order valence-electron chi connectivity index (χ3n) is 6.20. The standard InChI is InChI=1S/C23H27BrN4O2/c1-15-19(8-5-11-28(15)21(29)12-16-6-3-2-4-7-16)27-23(30)20-10-9-17-13-25-14-18(24)22(17)26-20/h9-10,12-15,19H,2-8,11H2,1H3,(H,27,30)/t15-,19-/m1/s1. The Morgan fingerprint density at radius 2 is 1.97 bits per heavy atom. The van der Waals surface area contributed by atoms with Gasteiger partial charge in [0.2, 0.25) is 5.91 Å². The van der Waals surface area contributed by atoms with Gasteiger partial charge in [0.05, 0.1) is 9.99 Å². The molecule has 1 aliphatic heterocycles. The molecule has 3 heterocycles. The molecule has 2 aromatic rings. The first kappa shape index (κ1) is 21.0. The van der Waals surface area contributed by atoms with Crippen LogP contribution in [0, 0.1) is 0 Å². The number of nitrogens with zero attached hydrogens (tertiary/aromatic N) is 3. The van der Waals surface area contributed by atoms with Crippen molar-refractivity contribution >= 4 is 38.6 Å². The third-order valence-corrected chi connectivity index (χ3v) is 6.78. The van der Waals surface area contributed by atoms with Crippen LogP contribution in [0.25, 0.3) is 10.9 Å². The van der Waals surface area contributed by atoms with Crippen LogP contribution in [0.2, 0.25) is 0 Å². The number of halogens is 1. The van der Waals surface area contributed by atoms with Crippen LogP contribution in [0.5, 0.6) is 0 Å². The number of piperidine rings is 1. The van der Waals surface area contributed by atoms with Crippen molar-refractivity contribution in [1.29, 1.82) is 0 Å². The molecule has 2 aromatic heterocycles. The molecule has 0 unspecified atom stereocenters. The van der Waals surface area contributed by atoms with Gasteiger partial charge in [0.25, 0.3) is 5.91 Å². The average molecular weight is 471 g/mol. The summed E-state index contributed by atoms with van der Waals surface area (Å²) in [6, 6.07) is 3.44. The lowest BCUT2D eigenvalue weighted by Crippen LogP contribution is -2.55. The van der Waals surface area contributed by atoms with Crippen molar-refractivity contribution in [1.82, 2.24) is 20.2 Å². The molecule has 7 heteroatoms. The number of nitrogens with one attached hydrogen (secondary N) is 1. The largest absolute Gasteiger partial charge is 0.346 e. The van der Waals surface area contributed by atoms with E-state index in [1.165, 1.54) is 24.8 Å². The van der Waals surface area contributed by atoms with Crippen molar-refractivity contribution in [3.8, 4) is 0 Å². The lowest BCUT2D eigenvalue weighted by Gasteiger charge is -2.39. The third kappa shape index (κ3) is 4.56. The smallest absolute Gasteiger partial charge is 0.270 e. The second kappa shape index (κ2) is 9.25. The fourth-order valence-corrected chi connectivity index (χ4v) is 4.87. The van der Waals surface area contributed by atoms with Crippen LogP contribution in [0.15, 0.2) is 40.6 Å². The highest BCUT2D eigenvalue weighted by Gasteiger charge is 2.32. The van der Waals surface area contributed by atoms with E-state index in [1.54, 1.807) is 18.5 Å². The zero-order valence-electron chi connectivity index (χ0n) is 17.2. The van der Waals surface area contributed by atoms with Crippen molar-refractivity contribution < 1.29 is 9.59 Å². The minimum atomic E-state index is -0.211. The zero-order chi connectivity index (χ0) is 21.1. The number of allylic oxidation sites excluding steroid dienone is 1. The fraction of sp³-hybridized carbons (Fsp3) is 0.478. The predicted molar refractivity (Wildman–Crippen MR) is 120 cm³/mol. The van der Waals surface area contributed by atoms with Crippen molar-refractivity contribution in [2.24, 2.45) is 0 Å². The van der Waals surface area contributed by atoms with Crippen LogP contribution in [-0.2, 0) is 4.79 Å². The minimum absolute atomic E-state index is 0.0490. The maximum atomic E-state index is 12.9. The summed E-state index contributed by atoms with van der Waals surface area (Å²) in [5.74, 6) is -0.129. The topological polar surface area (TPSA) is 75.2 Å². The number of rotatable bonds is 3. The number of carbonyl (C=O) groups excluding carboxylic acids is 2. The molecule has 1 saturated carbocycles. The highest BCUT2D eigenvalue weighted by atomic mass is 79.9. The SMILES string of the molecule is C[C@@H]1[C@H](NC(=O)c2ccc3cncc(Br)c3n2)CCCN1C(=O)C=C1CCCCC1. The van der Waals surface area contributed by atoms with Gasteiger partial charge in [-0.25, -0.2) is 4.98 Å². The van der Waals surface area contributed by atoms with E-state index < -0.39 is 0 Å². The van der Waals surface area contributed by atoms with Gasteiger partial charge in [0, 0.05) is 42.5 Å². The highest BCUT2D eigenvalue weighted by molar-refractivity contribution is 9.10. The van der Waals surface area contributed by atoms with E-state index >= 15 is 0 Å². The van der Waals surface area contributed by atoms with Crippen molar-refractivity contribution in [2.45, 2.75) is 64.0 Å². The molecule has 30 heavy (non-hydrogen) atoms. The molecule has 1 N–H and O–H groups in total. The molecule has 0 bridgehead atoms. The summed E-state index contributed by atoms with van der Waals surface area (Å²) in [5.41, 5.74) is 2.35. The van der Waals surface area contributed by atoms with E-state index in [0.29, 0.717) is 11.2 Å². The fourth-order valence-electron chi connectivity index (χ4n) is 4.43. The highest BCUT2D eigenvalue weighted by Crippen LogP contribution is 2.25. The Hall–Kier alpha value is -2.28. The molecule has 2 amide bonds. The molecule has 158 valence electrons. The van der Waals surface area contributed by atoms with Crippen LogP contribution in [0.3, 0.4) is 0 Å². The Morgan fingerprint density at radius 3 is 2.77 bits per heavy atom. The van der Waals surface area contributed by atoms with Crippen molar-refractivity contribution in [3.05, 3.63) is 46.3 Å². The summed E-state index contributed by atoms with van der Waals surface area (Å²) in [6.07, 6.45) is 12.7. The van der Waals surface area contributed by atoms with Gasteiger partial charge in [-0.15, -0.1) is 0 Å². The number of amides is 2. The van der Waals surface area contributed by atoms with E-state index in [9.17, 15) is 9.59 Å². The Morgan fingerprint density at radius 1 is 1.17 bits per heavy atom. The molecule has 0 aromatic carbocycles. The first-order valence-electron chi connectivity index (χ1n) is 10.7. The van der Waals surface area contributed by atoms with Crippen LogP contribution < -0.4 is 5.32 Å². The number of hydrogen-bond acceptors (Lipinski definition) is 4. The molecule has 2 fully saturated rings. The van der Waals surface area contributed by atoms with E-state index in [0.717, 1.165) is 42.1 Å². The summed E-state index contributed by atoms with van der Waals surface area (Å²) < 4.78 is 0.758. The summed E-state index contributed by atoms with van der Waals surface area (Å²) in [7, 11) is 0. The summed E-state index contributed by atoms with van der Waals surface area (Å²) in [6.45, 7) is 2.77. The molecule has 1 saturated heterocycles. The number of fused-ring (bicyclic) bond motifs is 1. The molecule has 6 nitrogen and oxygen atoms in total. The summed E-state index contributed by atoms with van der Waals surface area (Å²) in [4.78, 5) is 36.3. The maximum Gasteiger partial charge on any atom is 0.270 e. The molecular formula is C23H27BrN4O2.